The third-order valence-corrected chi connectivity index (χ3v) is 7.09. The van der Waals surface area contributed by atoms with Gasteiger partial charge in [0.25, 0.3) is 0 Å². The number of sulfonamides is 1. The highest BCUT2D eigenvalue weighted by Crippen LogP contribution is 2.38. The molecule has 0 saturated heterocycles. The Balaban J connectivity index is 2.14. The van der Waals surface area contributed by atoms with Crippen molar-refractivity contribution < 1.29 is 27.4 Å². The van der Waals surface area contributed by atoms with Gasteiger partial charge in [0, 0.05) is 6.54 Å². The van der Waals surface area contributed by atoms with Crippen molar-refractivity contribution in [2.75, 3.05) is 20.4 Å². The van der Waals surface area contributed by atoms with Gasteiger partial charge in [-0.15, -0.1) is 6.58 Å². The number of hydrogen-bond donors (Lipinski definition) is 0. The zero-order valence-corrected chi connectivity index (χ0v) is 19.2. The molecule has 2 atom stereocenters. The van der Waals surface area contributed by atoms with Crippen molar-refractivity contribution in [2.24, 2.45) is 0 Å². The van der Waals surface area contributed by atoms with Gasteiger partial charge < -0.3 is 14.2 Å². The quantitative estimate of drug-likeness (QED) is 0.421. The van der Waals surface area contributed by atoms with E-state index in [0.717, 1.165) is 5.56 Å². The lowest BCUT2D eigenvalue weighted by molar-refractivity contribution is -0.143. The first-order valence-corrected chi connectivity index (χ1v) is 11.6. The zero-order valence-electron chi connectivity index (χ0n) is 18.4. The number of allylic oxidation sites excluding steroid dienone is 1. The van der Waals surface area contributed by atoms with E-state index in [1.807, 2.05) is 6.92 Å². The summed E-state index contributed by atoms with van der Waals surface area (Å²) in [5, 5.41) is 0. The van der Waals surface area contributed by atoms with Crippen LogP contribution in [0.15, 0.2) is 72.2 Å². The molecule has 0 spiro atoms. The Labute approximate surface area is 189 Å². The van der Waals surface area contributed by atoms with Crippen LogP contribution in [0.1, 0.15) is 24.0 Å². The molecule has 7 nitrogen and oxygen atoms in total. The van der Waals surface area contributed by atoms with Crippen molar-refractivity contribution in [3.63, 3.8) is 0 Å². The summed E-state index contributed by atoms with van der Waals surface area (Å²) >= 11 is 0. The summed E-state index contributed by atoms with van der Waals surface area (Å²) in [4.78, 5) is 13.1. The first-order valence-electron chi connectivity index (χ1n) is 10.1. The SMILES string of the molecule is C=CCN([C@H](/C=C/C)[C@H](C(=O)OC)c1ccc2c(c1)OCO2)S(=O)(=O)c1ccc(C)cc1. The predicted octanol–water partition coefficient (Wildman–Crippen LogP) is 3.80. The van der Waals surface area contributed by atoms with Gasteiger partial charge >= 0.3 is 5.97 Å². The minimum atomic E-state index is -3.96. The molecular weight excluding hydrogens is 430 g/mol. The molecule has 2 aromatic rings. The van der Waals surface area contributed by atoms with Crippen molar-refractivity contribution in [1.29, 1.82) is 0 Å². The number of benzene rings is 2. The molecule has 170 valence electrons. The highest BCUT2D eigenvalue weighted by atomic mass is 32.2. The number of methoxy groups -OCH3 is 1. The number of rotatable bonds is 9. The average Bonchev–Trinajstić information content (AvgIpc) is 3.25. The molecule has 3 rings (SSSR count). The maximum absolute atomic E-state index is 13.6. The second-order valence-corrected chi connectivity index (χ2v) is 9.20. The fourth-order valence-electron chi connectivity index (χ4n) is 3.63. The molecule has 2 aromatic carbocycles. The zero-order chi connectivity index (χ0) is 23.3. The summed E-state index contributed by atoms with van der Waals surface area (Å²) in [5.41, 5.74) is 1.49. The first kappa shape index (κ1) is 23.6. The van der Waals surface area contributed by atoms with Gasteiger partial charge in [-0.3, -0.25) is 4.79 Å². The number of carbonyl (C=O) groups is 1. The highest BCUT2D eigenvalue weighted by Gasteiger charge is 2.39. The van der Waals surface area contributed by atoms with Gasteiger partial charge in [-0.2, -0.15) is 4.31 Å². The molecule has 0 radical (unpaired) electrons. The van der Waals surface area contributed by atoms with E-state index >= 15 is 0 Å². The van der Waals surface area contributed by atoms with E-state index in [9.17, 15) is 13.2 Å². The van der Waals surface area contributed by atoms with Crippen molar-refractivity contribution in [3.05, 3.63) is 78.4 Å². The van der Waals surface area contributed by atoms with Crippen LogP contribution in [0, 0.1) is 6.92 Å². The van der Waals surface area contributed by atoms with Crippen LogP contribution >= 0.6 is 0 Å². The van der Waals surface area contributed by atoms with E-state index < -0.39 is 28.0 Å². The standard InChI is InChI=1S/C24H27NO6S/c1-5-7-20(25(14-6-2)32(27,28)19-11-8-17(3)9-12-19)23(24(26)29-4)18-10-13-21-22(15-18)31-16-30-21/h5-13,15,20,23H,2,14,16H2,1,3-4H3/b7-5+/t20-,23-/m1/s1. The molecule has 1 heterocycles. The van der Waals surface area contributed by atoms with E-state index in [-0.39, 0.29) is 18.2 Å². The highest BCUT2D eigenvalue weighted by molar-refractivity contribution is 7.89. The number of ether oxygens (including phenoxy) is 3. The van der Waals surface area contributed by atoms with Crippen LogP contribution in [0.4, 0.5) is 0 Å². The van der Waals surface area contributed by atoms with Gasteiger partial charge in [-0.25, -0.2) is 8.42 Å². The molecule has 0 fully saturated rings. The van der Waals surface area contributed by atoms with Crippen molar-refractivity contribution in [1.82, 2.24) is 4.31 Å². The van der Waals surface area contributed by atoms with E-state index in [4.69, 9.17) is 14.2 Å². The normalized spacial score (nSPS) is 15.0. The molecule has 0 saturated carbocycles. The molecule has 1 aliphatic heterocycles. The second-order valence-electron chi connectivity index (χ2n) is 7.31. The Bertz CT molecular complexity index is 1110. The molecule has 32 heavy (non-hydrogen) atoms. The van der Waals surface area contributed by atoms with Crippen LogP contribution in [0.2, 0.25) is 0 Å². The van der Waals surface area contributed by atoms with Gasteiger partial charge in [0.05, 0.1) is 18.0 Å². The number of aryl methyl sites for hydroxylation is 1. The number of hydrogen-bond acceptors (Lipinski definition) is 6. The lowest BCUT2D eigenvalue weighted by atomic mass is 9.90. The van der Waals surface area contributed by atoms with E-state index in [1.54, 1.807) is 61.5 Å². The Morgan fingerprint density at radius 1 is 1.19 bits per heavy atom. The maximum atomic E-state index is 13.6. The average molecular weight is 458 g/mol. The third-order valence-electron chi connectivity index (χ3n) is 5.21. The van der Waals surface area contributed by atoms with Gasteiger partial charge in [0.1, 0.15) is 5.92 Å². The Hall–Kier alpha value is -3.10. The summed E-state index contributed by atoms with van der Waals surface area (Å²) in [6.45, 7) is 7.47. The lowest BCUT2D eigenvalue weighted by Gasteiger charge is -2.33. The van der Waals surface area contributed by atoms with Crippen molar-refractivity contribution in [3.8, 4) is 11.5 Å². The Morgan fingerprint density at radius 3 is 2.50 bits per heavy atom. The molecule has 0 aromatic heterocycles. The summed E-state index contributed by atoms with van der Waals surface area (Å²) in [7, 11) is -2.68. The fraction of sp³-hybridized carbons (Fsp3) is 0.292. The molecule has 0 N–H and O–H groups in total. The Kier molecular flexibility index (Phi) is 7.37. The predicted molar refractivity (Wildman–Crippen MR) is 121 cm³/mol. The van der Waals surface area contributed by atoms with E-state index in [0.29, 0.717) is 17.1 Å². The van der Waals surface area contributed by atoms with Crippen molar-refractivity contribution in [2.45, 2.75) is 30.7 Å². The molecule has 8 heteroatoms. The van der Waals surface area contributed by atoms with Crippen LogP contribution < -0.4 is 9.47 Å². The topological polar surface area (TPSA) is 82.1 Å². The van der Waals surface area contributed by atoms with Gasteiger partial charge in [0.15, 0.2) is 11.5 Å². The van der Waals surface area contributed by atoms with Gasteiger partial charge in [0.2, 0.25) is 16.8 Å². The third kappa shape index (κ3) is 4.71. The largest absolute Gasteiger partial charge is 0.468 e. The summed E-state index contributed by atoms with van der Waals surface area (Å²) < 4.78 is 44.4. The van der Waals surface area contributed by atoms with Crippen LogP contribution in [0.3, 0.4) is 0 Å². The molecule has 0 aliphatic carbocycles. The fourth-order valence-corrected chi connectivity index (χ4v) is 5.19. The summed E-state index contributed by atoms with van der Waals surface area (Å²) in [6.07, 6.45) is 4.89. The van der Waals surface area contributed by atoms with Gasteiger partial charge in [-0.1, -0.05) is 42.0 Å². The first-order chi connectivity index (χ1) is 15.3. The number of carbonyl (C=O) groups excluding carboxylic acids is 1. The molecule has 0 unspecified atom stereocenters. The van der Waals surface area contributed by atoms with Crippen LogP contribution in [0.25, 0.3) is 0 Å². The minimum Gasteiger partial charge on any atom is -0.468 e. The monoisotopic (exact) mass is 457 g/mol. The molecule has 0 amide bonds. The molecule has 1 aliphatic rings. The van der Waals surface area contributed by atoms with Crippen LogP contribution in [-0.2, 0) is 19.6 Å². The van der Waals surface area contributed by atoms with Crippen molar-refractivity contribution >= 4 is 16.0 Å². The van der Waals surface area contributed by atoms with Gasteiger partial charge in [-0.05, 0) is 43.7 Å². The number of esters is 1. The number of nitrogens with zero attached hydrogens (tertiary/aromatic N) is 1. The summed E-state index contributed by atoms with van der Waals surface area (Å²) in [5.74, 6) is -0.450. The number of fused-ring (bicyclic) bond motifs is 1. The minimum absolute atomic E-state index is 0.00324. The van der Waals surface area contributed by atoms with Crippen LogP contribution in [0.5, 0.6) is 11.5 Å². The Morgan fingerprint density at radius 2 is 1.88 bits per heavy atom. The second kappa shape index (κ2) is 10.0. The van der Waals surface area contributed by atoms with E-state index in [1.165, 1.54) is 17.5 Å². The molecule has 0 bridgehead atoms. The lowest BCUT2D eigenvalue weighted by Crippen LogP contribution is -2.45. The molecular formula is C24H27NO6S. The smallest absolute Gasteiger partial charge is 0.315 e. The maximum Gasteiger partial charge on any atom is 0.315 e. The van der Waals surface area contributed by atoms with E-state index in [2.05, 4.69) is 6.58 Å². The summed E-state index contributed by atoms with van der Waals surface area (Å²) in [6, 6.07) is 10.8. The van der Waals surface area contributed by atoms with Crippen LogP contribution in [-0.4, -0.2) is 45.2 Å².